The second kappa shape index (κ2) is 12.4. The predicted molar refractivity (Wildman–Crippen MR) is 176 cm³/mol. The Morgan fingerprint density at radius 3 is 2.34 bits per heavy atom. The van der Waals surface area contributed by atoms with Gasteiger partial charge in [0, 0.05) is 54.5 Å². The van der Waals surface area contributed by atoms with Gasteiger partial charge in [-0.15, -0.1) is 11.3 Å². The van der Waals surface area contributed by atoms with Crippen LogP contribution < -0.4 is 19.1 Å². The van der Waals surface area contributed by atoms with Crippen LogP contribution in [0.25, 0.3) is 10.8 Å². The average molecular weight is 633 g/mol. The largest absolute Gasteiger partial charge is 0.494 e. The van der Waals surface area contributed by atoms with E-state index in [0.29, 0.717) is 17.2 Å². The molecule has 230 valence electrons. The molecule has 0 amide bonds. The third kappa shape index (κ3) is 5.70. The van der Waals surface area contributed by atoms with E-state index in [9.17, 15) is 13.5 Å². The van der Waals surface area contributed by atoms with Crippen molar-refractivity contribution in [2.45, 2.75) is 17.2 Å². The second-order valence-electron chi connectivity index (χ2n) is 10.7. The first kappa shape index (κ1) is 29.9. The Morgan fingerprint density at radius 2 is 1.64 bits per heavy atom. The van der Waals surface area contributed by atoms with Crippen LogP contribution in [0.4, 0.5) is 11.4 Å². The normalized spacial score (nSPS) is 14.9. The quantitative estimate of drug-likeness (QED) is 0.195. The first-order chi connectivity index (χ1) is 21.3. The van der Waals surface area contributed by atoms with Crippen molar-refractivity contribution in [2.24, 2.45) is 0 Å². The van der Waals surface area contributed by atoms with Crippen LogP contribution in [-0.2, 0) is 10.0 Å². The summed E-state index contributed by atoms with van der Waals surface area (Å²) in [6, 6.07) is 21.7. The number of nitrogens with one attached hydrogen (secondary N) is 1. The number of hydrogen-bond acceptors (Lipinski definition) is 8. The van der Waals surface area contributed by atoms with Gasteiger partial charge in [-0.1, -0.05) is 37.3 Å². The number of piperazine rings is 1. The van der Waals surface area contributed by atoms with Gasteiger partial charge in [0.1, 0.15) is 4.21 Å². The third-order valence-corrected chi connectivity index (χ3v) is 11.0. The fraction of sp³-hybridized carbons (Fsp3) is 0.273. The zero-order valence-electron chi connectivity index (χ0n) is 24.9. The summed E-state index contributed by atoms with van der Waals surface area (Å²) in [5.41, 5.74) is 3.11. The molecule has 6 rings (SSSR count). The zero-order chi connectivity index (χ0) is 30.8. The molecule has 2 N–H and O–H groups in total. The van der Waals surface area contributed by atoms with Crippen molar-refractivity contribution >= 4 is 43.5 Å². The van der Waals surface area contributed by atoms with E-state index in [1.54, 1.807) is 37.8 Å². The molecule has 0 bridgehead atoms. The molecule has 9 nitrogen and oxygen atoms in total. The number of thiophene rings is 1. The molecule has 1 saturated heterocycles. The average Bonchev–Trinajstić information content (AvgIpc) is 3.71. The van der Waals surface area contributed by atoms with E-state index >= 15 is 0 Å². The number of aromatic nitrogens is 1. The molecule has 0 saturated carbocycles. The van der Waals surface area contributed by atoms with Crippen molar-refractivity contribution < 1.29 is 23.0 Å². The van der Waals surface area contributed by atoms with Crippen molar-refractivity contribution in [1.82, 2.24) is 9.47 Å². The molecule has 3 heterocycles. The Labute approximate surface area is 261 Å². The Kier molecular flexibility index (Phi) is 8.44. The van der Waals surface area contributed by atoms with Gasteiger partial charge in [0.2, 0.25) is 0 Å². The summed E-state index contributed by atoms with van der Waals surface area (Å²) in [4.78, 5) is 4.82. The minimum Gasteiger partial charge on any atom is -0.494 e. The predicted octanol–water partition coefficient (Wildman–Crippen LogP) is 6.01. The standard InChI is InChI=1S/C33H36N4O5S2/c1-4-35-15-17-36(18-16-35)28-11-6-10-26-27(28)22-37(33(26)38)32(24-13-14-29(41-2)30(21-24)42-3)23-8-5-9-25(20-23)34-44(39,40)31-12-7-19-43-31/h5-14,19-22,32,34,38H,4,15-18H2,1-3H3. The number of nitrogens with zero attached hydrogens (tertiary/aromatic N) is 3. The summed E-state index contributed by atoms with van der Waals surface area (Å²) in [5.74, 6) is 1.26. The lowest BCUT2D eigenvalue weighted by molar-refractivity contribution is 0.271. The van der Waals surface area contributed by atoms with Gasteiger partial charge >= 0.3 is 0 Å². The van der Waals surface area contributed by atoms with Crippen LogP contribution in [0.15, 0.2) is 88.6 Å². The summed E-state index contributed by atoms with van der Waals surface area (Å²) in [7, 11) is -0.574. The van der Waals surface area contributed by atoms with Crippen LogP contribution in [0.1, 0.15) is 24.1 Å². The summed E-state index contributed by atoms with van der Waals surface area (Å²) in [6.45, 7) is 7.01. The summed E-state index contributed by atoms with van der Waals surface area (Å²) in [5, 5.41) is 15.2. The first-order valence-electron chi connectivity index (χ1n) is 14.5. The summed E-state index contributed by atoms with van der Waals surface area (Å²) >= 11 is 1.16. The maximum atomic E-state index is 13.1. The molecule has 5 aromatic rings. The number of hydrogen-bond donors (Lipinski definition) is 2. The first-order valence-corrected chi connectivity index (χ1v) is 16.9. The number of fused-ring (bicyclic) bond motifs is 1. The van der Waals surface area contributed by atoms with Gasteiger partial charge in [0.15, 0.2) is 17.4 Å². The minimum atomic E-state index is -3.75. The Hall–Kier alpha value is -4.19. The molecule has 44 heavy (non-hydrogen) atoms. The summed E-state index contributed by atoms with van der Waals surface area (Å²) in [6.07, 6.45) is 2.00. The topological polar surface area (TPSA) is 96.3 Å². The van der Waals surface area contributed by atoms with E-state index in [1.165, 1.54) is 0 Å². The van der Waals surface area contributed by atoms with E-state index < -0.39 is 16.1 Å². The second-order valence-corrected chi connectivity index (χ2v) is 13.6. The Morgan fingerprint density at radius 1 is 0.886 bits per heavy atom. The maximum Gasteiger partial charge on any atom is 0.271 e. The molecule has 2 aromatic heterocycles. The molecule has 0 radical (unpaired) electrons. The number of methoxy groups -OCH3 is 2. The molecule has 1 unspecified atom stereocenters. The number of benzene rings is 3. The highest BCUT2D eigenvalue weighted by molar-refractivity contribution is 7.94. The lowest BCUT2D eigenvalue weighted by atomic mass is 9.97. The summed E-state index contributed by atoms with van der Waals surface area (Å²) < 4.78 is 42.0. The molecule has 1 fully saturated rings. The van der Waals surface area contributed by atoms with Gasteiger partial charge in [-0.3, -0.25) is 4.72 Å². The molecule has 1 atom stereocenters. The lowest BCUT2D eigenvalue weighted by Crippen LogP contribution is -2.46. The van der Waals surface area contributed by atoms with Crippen molar-refractivity contribution in [1.29, 1.82) is 0 Å². The molecule has 0 aliphatic carbocycles. The van der Waals surface area contributed by atoms with Gasteiger partial charge in [0.25, 0.3) is 10.0 Å². The van der Waals surface area contributed by atoms with Crippen molar-refractivity contribution in [3.05, 3.63) is 95.5 Å². The SMILES string of the molecule is CCN1CCN(c2cccc3c(O)n(C(c4cccc(NS(=O)(=O)c5cccs5)c4)c4ccc(OC)c(OC)c4)cc23)CC1. The number of sulfonamides is 1. The maximum absolute atomic E-state index is 13.1. The van der Waals surface area contributed by atoms with Crippen LogP contribution >= 0.6 is 11.3 Å². The van der Waals surface area contributed by atoms with Crippen LogP contribution in [-0.4, -0.2) is 69.9 Å². The van der Waals surface area contributed by atoms with Crippen molar-refractivity contribution in [3.8, 4) is 17.4 Å². The van der Waals surface area contributed by atoms with Gasteiger partial charge in [0.05, 0.1) is 20.3 Å². The fourth-order valence-corrected chi connectivity index (χ4v) is 7.97. The molecule has 0 spiro atoms. The zero-order valence-corrected chi connectivity index (χ0v) is 26.6. The monoisotopic (exact) mass is 632 g/mol. The Balaban J connectivity index is 1.47. The smallest absolute Gasteiger partial charge is 0.271 e. The third-order valence-electron chi connectivity index (χ3n) is 8.21. The van der Waals surface area contributed by atoms with E-state index in [1.807, 2.05) is 59.3 Å². The number of aromatic hydroxyl groups is 1. The fourth-order valence-electron chi connectivity index (χ4n) is 5.93. The molecule has 3 aromatic carbocycles. The Bertz CT molecular complexity index is 1860. The van der Waals surface area contributed by atoms with Gasteiger partial charge in [-0.05, 0) is 65.5 Å². The minimum absolute atomic E-state index is 0.124. The molecule has 11 heteroatoms. The molecular formula is C33H36N4O5S2. The number of ether oxygens (including phenoxy) is 2. The van der Waals surface area contributed by atoms with Gasteiger partial charge in [-0.25, -0.2) is 8.42 Å². The van der Waals surface area contributed by atoms with Crippen molar-refractivity contribution in [2.75, 3.05) is 56.6 Å². The molecule has 1 aliphatic heterocycles. The van der Waals surface area contributed by atoms with Crippen LogP contribution in [0.2, 0.25) is 0 Å². The van der Waals surface area contributed by atoms with E-state index in [0.717, 1.165) is 71.6 Å². The highest BCUT2D eigenvalue weighted by atomic mass is 32.2. The van der Waals surface area contributed by atoms with Crippen LogP contribution in [0, 0.1) is 0 Å². The van der Waals surface area contributed by atoms with E-state index in [4.69, 9.17) is 9.47 Å². The van der Waals surface area contributed by atoms with Crippen LogP contribution in [0.5, 0.6) is 17.4 Å². The van der Waals surface area contributed by atoms with Crippen LogP contribution in [0.3, 0.4) is 0 Å². The number of anilines is 2. The van der Waals surface area contributed by atoms with E-state index in [-0.39, 0.29) is 10.1 Å². The number of rotatable bonds is 10. The van der Waals surface area contributed by atoms with Gasteiger partial charge in [-0.2, -0.15) is 0 Å². The molecular weight excluding hydrogens is 597 g/mol. The van der Waals surface area contributed by atoms with Gasteiger partial charge < -0.3 is 28.9 Å². The highest BCUT2D eigenvalue weighted by Gasteiger charge is 2.26. The van der Waals surface area contributed by atoms with Crippen molar-refractivity contribution in [3.63, 3.8) is 0 Å². The number of likely N-dealkylation sites (N-methyl/N-ethyl adjacent to an activating group) is 1. The lowest BCUT2D eigenvalue weighted by Gasteiger charge is -2.35. The van der Waals surface area contributed by atoms with E-state index in [2.05, 4.69) is 27.5 Å². The highest BCUT2D eigenvalue weighted by Crippen LogP contribution is 2.42. The molecule has 1 aliphatic rings.